The van der Waals surface area contributed by atoms with Crippen LogP contribution in [-0.2, 0) is 6.54 Å². The Kier molecular flexibility index (Phi) is 4.81. The lowest BCUT2D eigenvalue weighted by Gasteiger charge is -2.21. The van der Waals surface area contributed by atoms with E-state index in [2.05, 4.69) is 43.1 Å². The molecule has 0 aliphatic carbocycles. The average Bonchev–Trinajstić information content (AvgIpc) is 2.47. The molecule has 0 heterocycles. The first-order valence-electron chi connectivity index (χ1n) is 6.76. The van der Waals surface area contributed by atoms with E-state index in [-0.39, 0.29) is 0 Å². The molecule has 0 aromatic heterocycles. The van der Waals surface area contributed by atoms with E-state index in [0.717, 1.165) is 29.1 Å². The van der Waals surface area contributed by atoms with Crippen LogP contribution in [0, 0.1) is 6.92 Å². The topological polar surface area (TPSA) is 38.5 Å². The highest BCUT2D eigenvalue weighted by atomic mass is 32.1. The Morgan fingerprint density at radius 2 is 1.86 bits per heavy atom. The van der Waals surface area contributed by atoms with E-state index in [1.54, 1.807) is 7.11 Å². The Hall–Kier alpha value is -2.07. The zero-order chi connectivity index (χ0) is 15.4. The fourth-order valence-corrected chi connectivity index (χ4v) is 2.33. The molecule has 3 nitrogen and oxygen atoms in total. The molecule has 0 saturated heterocycles. The van der Waals surface area contributed by atoms with Crippen molar-refractivity contribution in [2.75, 3.05) is 19.1 Å². The molecule has 2 rings (SSSR count). The van der Waals surface area contributed by atoms with Gasteiger partial charge in [0.25, 0.3) is 0 Å². The fraction of sp³-hybridized carbons (Fsp3) is 0.235. The normalized spacial score (nSPS) is 10.2. The number of hydrogen-bond acceptors (Lipinski definition) is 3. The predicted molar refractivity (Wildman–Crippen MR) is 92.2 cm³/mol. The minimum atomic E-state index is 0.400. The van der Waals surface area contributed by atoms with Crippen LogP contribution < -0.4 is 15.4 Å². The summed E-state index contributed by atoms with van der Waals surface area (Å²) in [5.41, 5.74) is 10.0. The number of anilines is 1. The molecule has 21 heavy (non-hydrogen) atoms. The standard InChI is InChI=1S/C17H20N2OS/c1-12-4-7-15(8-5-12)19(2)11-14-10-13(17(18)21)6-9-16(14)20-3/h4-10H,11H2,1-3H3,(H2,18,21). The van der Waals surface area contributed by atoms with Crippen LogP contribution in [0.1, 0.15) is 16.7 Å². The van der Waals surface area contributed by atoms with Gasteiger partial charge in [0.05, 0.1) is 7.11 Å². The summed E-state index contributed by atoms with van der Waals surface area (Å²) in [4.78, 5) is 2.57. The van der Waals surface area contributed by atoms with Crippen molar-refractivity contribution >= 4 is 22.9 Å². The number of methoxy groups -OCH3 is 1. The van der Waals surface area contributed by atoms with Crippen molar-refractivity contribution in [3.8, 4) is 5.75 Å². The van der Waals surface area contributed by atoms with Gasteiger partial charge in [0.15, 0.2) is 0 Å². The van der Waals surface area contributed by atoms with E-state index in [1.165, 1.54) is 5.56 Å². The van der Waals surface area contributed by atoms with Crippen molar-refractivity contribution in [1.82, 2.24) is 0 Å². The molecule has 0 radical (unpaired) electrons. The van der Waals surface area contributed by atoms with Crippen molar-refractivity contribution in [3.05, 3.63) is 59.2 Å². The molecule has 0 atom stereocenters. The molecule has 0 fully saturated rings. The highest BCUT2D eigenvalue weighted by Gasteiger charge is 2.09. The van der Waals surface area contributed by atoms with E-state index in [9.17, 15) is 0 Å². The van der Waals surface area contributed by atoms with Crippen molar-refractivity contribution in [1.29, 1.82) is 0 Å². The summed E-state index contributed by atoms with van der Waals surface area (Å²) in [5.74, 6) is 0.842. The highest BCUT2D eigenvalue weighted by molar-refractivity contribution is 7.80. The first-order valence-corrected chi connectivity index (χ1v) is 7.16. The lowest BCUT2D eigenvalue weighted by molar-refractivity contribution is 0.409. The highest BCUT2D eigenvalue weighted by Crippen LogP contribution is 2.24. The molecular formula is C17H20N2OS. The number of aryl methyl sites for hydroxylation is 1. The molecule has 0 spiro atoms. The third-order valence-electron chi connectivity index (χ3n) is 3.45. The maximum atomic E-state index is 5.71. The molecule has 4 heteroatoms. The number of hydrogen-bond donors (Lipinski definition) is 1. The second-order valence-corrected chi connectivity index (χ2v) is 5.52. The molecule has 110 valence electrons. The van der Waals surface area contributed by atoms with Crippen LogP contribution in [-0.4, -0.2) is 19.1 Å². The predicted octanol–water partition coefficient (Wildman–Crippen LogP) is 3.27. The summed E-state index contributed by atoms with van der Waals surface area (Å²) in [5, 5.41) is 0. The number of nitrogens with zero attached hydrogens (tertiary/aromatic N) is 1. The maximum Gasteiger partial charge on any atom is 0.123 e. The largest absolute Gasteiger partial charge is 0.496 e. The molecular weight excluding hydrogens is 280 g/mol. The van der Waals surface area contributed by atoms with Crippen molar-refractivity contribution in [2.45, 2.75) is 13.5 Å². The second-order valence-electron chi connectivity index (χ2n) is 5.08. The molecule has 0 bridgehead atoms. The van der Waals surface area contributed by atoms with E-state index in [0.29, 0.717) is 4.99 Å². The Morgan fingerprint density at radius 1 is 1.19 bits per heavy atom. The van der Waals surface area contributed by atoms with Gasteiger partial charge in [-0.25, -0.2) is 0 Å². The molecule has 2 aromatic rings. The van der Waals surface area contributed by atoms with Crippen LogP contribution in [0.4, 0.5) is 5.69 Å². The second kappa shape index (κ2) is 6.59. The summed E-state index contributed by atoms with van der Waals surface area (Å²) in [7, 11) is 3.72. The first-order chi connectivity index (χ1) is 10.0. The maximum absolute atomic E-state index is 5.71. The van der Waals surface area contributed by atoms with Crippen molar-refractivity contribution in [3.63, 3.8) is 0 Å². The third-order valence-corrected chi connectivity index (χ3v) is 3.68. The zero-order valence-electron chi connectivity index (χ0n) is 12.6. The molecule has 0 aliphatic rings. The quantitative estimate of drug-likeness (QED) is 0.860. The third kappa shape index (κ3) is 3.73. The lowest BCUT2D eigenvalue weighted by Crippen LogP contribution is -2.18. The van der Waals surface area contributed by atoms with Crippen LogP contribution in [0.2, 0.25) is 0 Å². The SMILES string of the molecule is COc1ccc(C(N)=S)cc1CN(C)c1ccc(C)cc1. The van der Waals surface area contributed by atoms with Gasteiger partial charge in [-0.2, -0.15) is 0 Å². The first kappa shape index (κ1) is 15.3. The lowest BCUT2D eigenvalue weighted by atomic mass is 10.1. The fourth-order valence-electron chi connectivity index (χ4n) is 2.20. The van der Waals surface area contributed by atoms with Crippen molar-refractivity contribution < 1.29 is 4.74 Å². The van der Waals surface area contributed by atoms with Gasteiger partial charge in [0.2, 0.25) is 0 Å². The Labute approximate surface area is 131 Å². The Morgan fingerprint density at radius 3 is 2.43 bits per heavy atom. The number of thiocarbonyl (C=S) groups is 1. The van der Waals surface area contributed by atoms with Gasteiger partial charge < -0.3 is 15.4 Å². The zero-order valence-corrected chi connectivity index (χ0v) is 13.4. The van der Waals surface area contributed by atoms with Crippen LogP contribution >= 0.6 is 12.2 Å². The molecule has 0 saturated carbocycles. The number of ether oxygens (including phenoxy) is 1. The van der Waals surface area contributed by atoms with E-state index in [1.807, 2.05) is 18.2 Å². The average molecular weight is 300 g/mol. The van der Waals surface area contributed by atoms with Crippen LogP contribution in [0.25, 0.3) is 0 Å². The van der Waals surface area contributed by atoms with Gasteiger partial charge >= 0.3 is 0 Å². The van der Waals surface area contributed by atoms with E-state index >= 15 is 0 Å². The summed E-state index contributed by atoms with van der Waals surface area (Å²) in [6.07, 6.45) is 0. The summed E-state index contributed by atoms with van der Waals surface area (Å²) in [6, 6.07) is 14.2. The van der Waals surface area contributed by atoms with E-state index in [4.69, 9.17) is 22.7 Å². The molecule has 0 amide bonds. The Bertz CT molecular complexity index is 638. The minimum Gasteiger partial charge on any atom is -0.496 e. The van der Waals surface area contributed by atoms with Crippen LogP contribution in [0.15, 0.2) is 42.5 Å². The molecule has 0 aliphatic heterocycles. The molecule has 2 N–H and O–H groups in total. The van der Waals surface area contributed by atoms with Gasteiger partial charge in [0.1, 0.15) is 10.7 Å². The summed E-state index contributed by atoms with van der Waals surface area (Å²) < 4.78 is 5.43. The van der Waals surface area contributed by atoms with Gasteiger partial charge in [0, 0.05) is 30.4 Å². The van der Waals surface area contributed by atoms with Gasteiger partial charge in [-0.15, -0.1) is 0 Å². The smallest absolute Gasteiger partial charge is 0.123 e. The van der Waals surface area contributed by atoms with Gasteiger partial charge in [-0.05, 0) is 37.3 Å². The molecule has 2 aromatic carbocycles. The minimum absolute atomic E-state index is 0.400. The van der Waals surface area contributed by atoms with Gasteiger partial charge in [-0.1, -0.05) is 29.9 Å². The van der Waals surface area contributed by atoms with Gasteiger partial charge in [-0.3, -0.25) is 0 Å². The monoisotopic (exact) mass is 300 g/mol. The number of benzene rings is 2. The van der Waals surface area contributed by atoms with Crippen LogP contribution in [0.5, 0.6) is 5.75 Å². The summed E-state index contributed by atoms with van der Waals surface area (Å²) >= 11 is 5.05. The van der Waals surface area contributed by atoms with Crippen LogP contribution in [0.3, 0.4) is 0 Å². The van der Waals surface area contributed by atoms with E-state index < -0.39 is 0 Å². The molecule has 0 unspecified atom stereocenters. The Balaban J connectivity index is 2.26. The summed E-state index contributed by atoms with van der Waals surface area (Å²) in [6.45, 7) is 2.81. The number of nitrogens with two attached hydrogens (primary N) is 1. The number of rotatable bonds is 5. The van der Waals surface area contributed by atoms with Crippen molar-refractivity contribution in [2.24, 2.45) is 5.73 Å².